The molecule has 2 atom stereocenters. The smallest absolute Gasteiger partial charge is 0.411 e. The Morgan fingerprint density at radius 2 is 2.02 bits per heavy atom. The molecule has 2 aromatic carbocycles. The van der Waals surface area contributed by atoms with E-state index in [1.807, 2.05) is 13.0 Å². The largest absolute Gasteiger partial charge is 0.453 e. The van der Waals surface area contributed by atoms with Crippen LogP contribution in [0.3, 0.4) is 0 Å². The van der Waals surface area contributed by atoms with Gasteiger partial charge in [-0.1, -0.05) is 36.2 Å². The second-order valence-corrected chi connectivity index (χ2v) is 10.2. The van der Waals surface area contributed by atoms with Gasteiger partial charge in [0.05, 0.1) is 41.4 Å². The van der Waals surface area contributed by atoms with Crippen molar-refractivity contribution in [2.75, 3.05) is 23.1 Å². The fourth-order valence-corrected chi connectivity index (χ4v) is 4.84. The van der Waals surface area contributed by atoms with Crippen LogP contribution < -0.4 is 16.0 Å². The number of nitrogens with one attached hydrogen (secondary N) is 3. The molecule has 3 heterocycles. The van der Waals surface area contributed by atoms with E-state index in [1.54, 1.807) is 43.5 Å². The predicted octanol–water partition coefficient (Wildman–Crippen LogP) is 5.92. The zero-order valence-corrected chi connectivity index (χ0v) is 23.4. The molecule has 0 saturated carbocycles. The summed E-state index contributed by atoms with van der Waals surface area (Å²) < 4.78 is 20.8. The lowest BCUT2D eigenvalue weighted by Gasteiger charge is -2.22. The van der Waals surface area contributed by atoms with Crippen LogP contribution in [0.1, 0.15) is 43.5 Å². The molecule has 2 bridgehead atoms. The molecule has 0 aliphatic carbocycles. The van der Waals surface area contributed by atoms with Crippen molar-refractivity contribution >= 4 is 40.8 Å². The number of carbonyl (C=O) groups excluding carboxylic acids is 2. The first-order valence-electron chi connectivity index (χ1n) is 13.0. The minimum atomic E-state index is -0.626. The standard InChI is InChI=1S/C28H28ClFN8O3/c1-15-6-4-8-21(33-26-16(2)38(37-36-26)24-9-5-7-20(29)25(24)30)17-12-23(35-31-14-17)19-11-10-18(32-28(40)41-3)13-22(19)34-27(15)39/h5,7,9-15,21,33H,4,6,8H2,1-3H3,(H,32,40)(H,34,39)/t15-,21-/m0/s1. The summed E-state index contributed by atoms with van der Waals surface area (Å²) in [5, 5.41) is 26.0. The lowest BCUT2D eigenvalue weighted by atomic mass is 9.95. The Kier molecular flexibility index (Phi) is 8.11. The second-order valence-electron chi connectivity index (χ2n) is 9.78. The van der Waals surface area contributed by atoms with Crippen LogP contribution >= 0.6 is 11.6 Å². The summed E-state index contributed by atoms with van der Waals surface area (Å²) in [5.41, 5.74) is 3.74. The molecular weight excluding hydrogens is 551 g/mol. The molecule has 3 N–H and O–H groups in total. The van der Waals surface area contributed by atoms with Gasteiger partial charge in [-0.2, -0.15) is 10.2 Å². The van der Waals surface area contributed by atoms with Gasteiger partial charge in [-0.25, -0.2) is 13.9 Å². The third-order valence-corrected chi connectivity index (χ3v) is 7.30. The minimum absolute atomic E-state index is 0.00625. The van der Waals surface area contributed by atoms with Crippen molar-refractivity contribution in [1.29, 1.82) is 0 Å². The van der Waals surface area contributed by atoms with E-state index in [0.717, 1.165) is 12.0 Å². The number of halogens is 2. The first-order chi connectivity index (χ1) is 19.7. The normalized spacial score (nSPS) is 17.0. The molecule has 1 aliphatic rings. The summed E-state index contributed by atoms with van der Waals surface area (Å²) >= 11 is 5.98. The molecule has 2 aromatic heterocycles. The van der Waals surface area contributed by atoms with Crippen molar-refractivity contribution < 1.29 is 18.7 Å². The Hall–Kier alpha value is -4.58. The highest BCUT2D eigenvalue weighted by Crippen LogP contribution is 2.34. The van der Waals surface area contributed by atoms with Crippen LogP contribution in [0.15, 0.2) is 48.7 Å². The van der Waals surface area contributed by atoms with Crippen molar-refractivity contribution in [3.63, 3.8) is 0 Å². The van der Waals surface area contributed by atoms with Gasteiger partial charge in [-0.3, -0.25) is 10.1 Å². The topological polar surface area (TPSA) is 136 Å². The molecule has 13 heteroatoms. The Morgan fingerprint density at radius 3 is 2.83 bits per heavy atom. The van der Waals surface area contributed by atoms with Crippen LogP contribution in [-0.4, -0.2) is 44.3 Å². The maximum atomic E-state index is 14.7. The summed E-state index contributed by atoms with van der Waals surface area (Å²) in [5.74, 6) is -0.542. The lowest BCUT2D eigenvalue weighted by molar-refractivity contribution is -0.119. The molecule has 0 radical (unpaired) electrons. The fraction of sp³-hybridized carbons (Fsp3) is 0.286. The number of nitrogens with zero attached hydrogens (tertiary/aromatic N) is 5. The summed E-state index contributed by atoms with van der Waals surface area (Å²) in [6.45, 7) is 3.66. The van der Waals surface area contributed by atoms with Crippen LogP contribution in [0.25, 0.3) is 16.9 Å². The zero-order chi connectivity index (χ0) is 29.1. The van der Waals surface area contributed by atoms with E-state index in [9.17, 15) is 14.0 Å². The van der Waals surface area contributed by atoms with E-state index >= 15 is 0 Å². The molecule has 0 unspecified atom stereocenters. The average molecular weight is 579 g/mol. The van der Waals surface area contributed by atoms with E-state index in [1.165, 1.54) is 17.9 Å². The molecule has 1 aliphatic heterocycles. The maximum Gasteiger partial charge on any atom is 0.411 e. The van der Waals surface area contributed by atoms with Gasteiger partial charge in [0.25, 0.3) is 0 Å². The molecule has 0 fully saturated rings. The highest BCUT2D eigenvalue weighted by atomic mass is 35.5. The highest BCUT2D eigenvalue weighted by molar-refractivity contribution is 6.30. The van der Waals surface area contributed by atoms with Crippen molar-refractivity contribution in [2.24, 2.45) is 5.92 Å². The summed E-state index contributed by atoms with van der Waals surface area (Å²) in [6, 6.07) is 11.4. The van der Waals surface area contributed by atoms with Gasteiger partial charge in [0.2, 0.25) is 5.91 Å². The minimum Gasteiger partial charge on any atom is -0.453 e. The molecule has 41 heavy (non-hydrogen) atoms. The molecule has 4 aromatic rings. The first kappa shape index (κ1) is 28.0. The fourth-order valence-electron chi connectivity index (χ4n) is 4.67. The zero-order valence-electron chi connectivity index (χ0n) is 22.6. The van der Waals surface area contributed by atoms with E-state index in [2.05, 4.69) is 41.2 Å². The Bertz CT molecular complexity index is 1610. The monoisotopic (exact) mass is 578 g/mol. The Labute approximate surface area is 240 Å². The molecule has 0 saturated heterocycles. The number of anilines is 3. The average Bonchev–Trinajstić information content (AvgIpc) is 3.32. The summed E-state index contributed by atoms with van der Waals surface area (Å²) in [6.07, 6.45) is 3.06. The van der Waals surface area contributed by atoms with Crippen LogP contribution in [-0.2, 0) is 9.53 Å². The van der Waals surface area contributed by atoms with Crippen molar-refractivity contribution in [3.05, 3.63) is 70.8 Å². The SMILES string of the molecule is COC(=O)Nc1ccc2c(c1)NC(=O)[C@@H](C)CCC[C@H](Nc1nnn(-c3cccc(Cl)c3F)c1C)c1cnnc-2c1. The highest BCUT2D eigenvalue weighted by Gasteiger charge is 2.23. The van der Waals surface area contributed by atoms with Crippen LogP contribution in [0.5, 0.6) is 0 Å². The van der Waals surface area contributed by atoms with Gasteiger partial charge >= 0.3 is 6.09 Å². The molecule has 2 amide bonds. The number of hydrogen-bond acceptors (Lipinski definition) is 8. The molecule has 11 nitrogen and oxygen atoms in total. The molecule has 212 valence electrons. The molecular formula is C28H28ClFN8O3. The lowest BCUT2D eigenvalue weighted by Crippen LogP contribution is -2.22. The number of rotatable bonds is 4. The predicted molar refractivity (Wildman–Crippen MR) is 153 cm³/mol. The number of benzene rings is 2. The van der Waals surface area contributed by atoms with Gasteiger partial charge in [0.1, 0.15) is 5.69 Å². The quantitative estimate of drug-likeness (QED) is 0.272. The molecule has 5 rings (SSSR count). The van der Waals surface area contributed by atoms with Gasteiger partial charge in [0, 0.05) is 17.2 Å². The number of aromatic nitrogens is 5. The number of ether oxygens (including phenoxy) is 1. The van der Waals surface area contributed by atoms with Gasteiger partial charge < -0.3 is 15.4 Å². The Balaban J connectivity index is 1.51. The van der Waals surface area contributed by atoms with E-state index < -0.39 is 11.9 Å². The van der Waals surface area contributed by atoms with E-state index in [0.29, 0.717) is 47.0 Å². The first-order valence-corrected chi connectivity index (χ1v) is 13.4. The second kappa shape index (κ2) is 11.9. The number of fused-ring (bicyclic) bond motifs is 4. The van der Waals surface area contributed by atoms with Gasteiger partial charge in [-0.05, 0) is 61.7 Å². The summed E-state index contributed by atoms with van der Waals surface area (Å²) in [7, 11) is 1.27. The molecule has 0 spiro atoms. The summed E-state index contributed by atoms with van der Waals surface area (Å²) in [4.78, 5) is 24.8. The van der Waals surface area contributed by atoms with Gasteiger partial charge in [0.15, 0.2) is 11.6 Å². The number of carbonyl (C=O) groups is 2. The third-order valence-electron chi connectivity index (χ3n) is 7.01. The maximum absolute atomic E-state index is 14.7. The Morgan fingerprint density at radius 1 is 1.20 bits per heavy atom. The van der Waals surface area contributed by atoms with Crippen LogP contribution in [0, 0.1) is 18.7 Å². The van der Waals surface area contributed by atoms with Crippen molar-refractivity contribution in [1.82, 2.24) is 25.2 Å². The number of hydrogen-bond donors (Lipinski definition) is 3. The third kappa shape index (κ3) is 5.97. The van der Waals surface area contributed by atoms with E-state index in [-0.39, 0.29) is 28.6 Å². The van der Waals surface area contributed by atoms with Crippen LogP contribution in [0.4, 0.5) is 26.4 Å². The van der Waals surface area contributed by atoms with Crippen molar-refractivity contribution in [2.45, 2.75) is 39.2 Å². The number of amides is 2. The van der Waals surface area contributed by atoms with Crippen molar-refractivity contribution in [3.8, 4) is 16.9 Å². The number of methoxy groups -OCH3 is 1. The van der Waals surface area contributed by atoms with Crippen LogP contribution in [0.2, 0.25) is 5.02 Å². The van der Waals surface area contributed by atoms with Gasteiger partial charge in [-0.15, -0.1) is 5.10 Å². The van der Waals surface area contributed by atoms with E-state index in [4.69, 9.17) is 11.6 Å².